The van der Waals surface area contributed by atoms with E-state index in [4.69, 9.17) is 11.6 Å². The Hall–Kier alpha value is -0.450. The molecule has 0 aliphatic heterocycles. The summed E-state index contributed by atoms with van der Waals surface area (Å²) in [5.74, 6) is 0. The lowest BCUT2D eigenvalue weighted by Gasteiger charge is -1.99. The summed E-state index contributed by atoms with van der Waals surface area (Å²) in [4.78, 5) is 4.10. The fraction of sp³-hybridized carbons (Fsp3) is 0.111. The highest BCUT2D eigenvalue weighted by molar-refractivity contribution is 9.10. The Morgan fingerprint density at radius 2 is 2.21 bits per heavy atom. The zero-order chi connectivity index (χ0) is 10.1. The topological polar surface area (TPSA) is 25.8 Å². The number of nitrogens with zero attached hydrogens (tertiary/aromatic N) is 2. The van der Waals surface area contributed by atoms with Crippen LogP contribution in [0.4, 0.5) is 0 Å². The van der Waals surface area contributed by atoms with Crippen LogP contribution in [-0.4, -0.2) is 9.36 Å². The number of hydrogen-bond donors (Lipinski definition) is 0. The second-order valence-corrected chi connectivity index (χ2v) is 4.78. The molecule has 0 aliphatic carbocycles. The van der Waals surface area contributed by atoms with Gasteiger partial charge in [0.1, 0.15) is 5.01 Å². The first-order valence-corrected chi connectivity index (χ1v) is 5.87. The Bertz CT molecular complexity index is 470. The summed E-state index contributed by atoms with van der Waals surface area (Å²) in [7, 11) is 0. The van der Waals surface area contributed by atoms with E-state index in [2.05, 4.69) is 25.3 Å². The molecule has 5 heteroatoms. The predicted molar refractivity (Wildman–Crippen MR) is 62.8 cm³/mol. The minimum absolute atomic E-state index is 0.307. The minimum Gasteiger partial charge on any atom is -0.205 e. The van der Waals surface area contributed by atoms with Crippen molar-refractivity contribution in [2.45, 2.75) is 6.92 Å². The second-order valence-electron chi connectivity index (χ2n) is 2.83. The summed E-state index contributed by atoms with van der Waals surface area (Å²) in [5, 5.41) is 1.15. The third kappa shape index (κ3) is 1.97. The molecule has 1 aromatic heterocycles. The van der Waals surface area contributed by atoms with E-state index in [1.807, 2.05) is 25.1 Å². The van der Waals surface area contributed by atoms with Gasteiger partial charge in [-0.05, 0) is 41.7 Å². The molecule has 2 rings (SSSR count). The van der Waals surface area contributed by atoms with Gasteiger partial charge in [-0.3, -0.25) is 0 Å². The Labute approximate surface area is 99.2 Å². The van der Waals surface area contributed by atoms with Crippen LogP contribution in [0.5, 0.6) is 0 Å². The van der Waals surface area contributed by atoms with Crippen molar-refractivity contribution in [2.24, 2.45) is 0 Å². The maximum Gasteiger partial charge on any atom is 0.234 e. The maximum atomic E-state index is 5.66. The third-order valence-electron chi connectivity index (χ3n) is 1.82. The molecule has 0 N–H and O–H groups in total. The predicted octanol–water partition coefficient (Wildman–Crippen LogP) is 3.93. The van der Waals surface area contributed by atoms with Crippen molar-refractivity contribution in [2.75, 3.05) is 0 Å². The van der Waals surface area contributed by atoms with E-state index < -0.39 is 0 Å². The number of halogens is 2. The van der Waals surface area contributed by atoms with Crippen molar-refractivity contribution in [3.8, 4) is 10.6 Å². The molecule has 0 spiro atoms. The van der Waals surface area contributed by atoms with Crippen molar-refractivity contribution < 1.29 is 0 Å². The highest BCUT2D eigenvalue weighted by atomic mass is 79.9. The molecule has 0 bridgehead atoms. The van der Waals surface area contributed by atoms with E-state index in [0.29, 0.717) is 5.28 Å². The molecule has 0 fully saturated rings. The lowest BCUT2D eigenvalue weighted by atomic mass is 10.2. The number of benzene rings is 1. The van der Waals surface area contributed by atoms with Gasteiger partial charge in [-0.25, -0.2) is 4.98 Å². The van der Waals surface area contributed by atoms with E-state index in [-0.39, 0.29) is 0 Å². The zero-order valence-corrected chi connectivity index (χ0v) is 10.4. The molecule has 0 amide bonds. The van der Waals surface area contributed by atoms with E-state index in [9.17, 15) is 0 Å². The molecule has 2 aromatic rings. The summed E-state index contributed by atoms with van der Waals surface area (Å²) in [6.07, 6.45) is 0. The summed E-state index contributed by atoms with van der Waals surface area (Å²) in [6, 6.07) is 6.07. The fourth-order valence-corrected chi connectivity index (χ4v) is 2.23. The van der Waals surface area contributed by atoms with Crippen LogP contribution in [0.25, 0.3) is 10.6 Å². The number of rotatable bonds is 1. The highest BCUT2D eigenvalue weighted by Crippen LogP contribution is 2.27. The lowest BCUT2D eigenvalue weighted by molar-refractivity contribution is 1.32. The van der Waals surface area contributed by atoms with Crippen LogP contribution in [-0.2, 0) is 0 Å². The average Bonchev–Trinajstić information content (AvgIpc) is 2.57. The Morgan fingerprint density at radius 1 is 1.43 bits per heavy atom. The fourth-order valence-electron chi connectivity index (χ4n) is 1.05. The number of hydrogen-bond acceptors (Lipinski definition) is 3. The van der Waals surface area contributed by atoms with Crippen LogP contribution in [0, 0.1) is 6.92 Å². The molecule has 1 heterocycles. The van der Waals surface area contributed by atoms with E-state index in [0.717, 1.165) is 15.0 Å². The molecule has 14 heavy (non-hydrogen) atoms. The number of aryl methyl sites for hydroxylation is 1. The molecular weight excluding hydrogens is 284 g/mol. The first kappa shape index (κ1) is 10.1. The molecule has 0 aliphatic rings. The van der Waals surface area contributed by atoms with Gasteiger partial charge in [0.2, 0.25) is 5.28 Å². The van der Waals surface area contributed by atoms with Crippen LogP contribution < -0.4 is 0 Å². The molecule has 0 saturated carbocycles. The summed E-state index contributed by atoms with van der Waals surface area (Å²) in [5.41, 5.74) is 2.23. The lowest BCUT2D eigenvalue weighted by Crippen LogP contribution is -1.79. The monoisotopic (exact) mass is 288 g/mol. The number of aromatic nitrogens is 2. The largest absolute Gasteiger partial charge is 0.234 e. The van der Waals surface area contributed by atoms with Crippen LogP contribution in [0.1, 0.15) is 5.56 Å². The molecular formula is C9H6BrClN2S. The van der Waals surface area contributed by atoms with Crippen molar-refractivity contribution >= 4 is 39.1 Å². The molecule has 72 valence electrons. The van der Waals surface area contributed by atoms with Gasteiger partial charge >= 0.3 is 0 Å². The third-order valence-corrected chi connectivity index (χ3v) is 3.71. The van der Waals surface area contributed by atoms with E-state index in [1.165, 1.54) is 17.1 Å². The Morgan fingerprint density at radius 3 is 2.79 bits per heavy atom. The van der Waals surface area contributed by atoms with Crippen molar-refractivity contribution in [1.82, 2.24) is 9.36 Å². The van der Waals surface area contributed by atoms with Crippen LogP contribution in [0.15, 0.2) is 22.7 Å². The van der Waals surface area contributed by atoms with Crippen LogP contribution in [0.2, 0.25) is 5.28 Å². The van der Waals surface area contributed by atoms with Gasteiger partial charge in [-0.2, -0.15) is 4.37 Å². The van der Waals surface area contributed by atoms with Gasteiger partial charge in [0.15, 0.2) is 0 Å². The first-order chi connectivity index (χ1) is 6.66. The van der Waals surface area contributed by atoms with E-state index >= 15 is 0 Å². The zero-order valence-electron chi connectivity index (χ0n) is 7.29. The summed E-state index contributed by atoms with van der Waals surface area (Å²) < 4.78 is 5.00. The van der Waals surface area contributed by atoms with E-state index in [1.54, 1.807) is 0 Å². The minimum atomic E-state index is 0.307. The second kappa shape index (κ2) is 3.96. The molecule has 0 atom stereocenters. The summed E-state index contributed by atoms with van der Waals surface area (Å²) in [6.45, 7) is 2.04. The van der Waals surface area contributed by atoms with Gasteiger partial charge < -0.3 is 0 Å². The van der Waals surface area contributed by atoms with Crippen LogP contribution in [0.3, 0.4) is 0 Å². The SMILES string of the molecule is Cc1ccc(-c2nc(Cl)ns2)cc1Br. The smallest absolute Gasteiger partial charge is 0.205 e. The standard InChI is InChI=1S/C9H6BrClN2S/c1-5-2-3-6(4-7(5)10)8-12-9(11)13-14-8/h2-4H,1H3. The normalized spacial score (nSPS) is 10.5. The Kier molecular flexibility index (Phi) is 2.85. The molecule has 1 aromatic carbocycles. The van der Waals surface area contributed by atoms with Crippen molar-refractivity contribution in [3.05, 3.63) is 33.5 Å². The highest BCUT2D eigenvalue weighted by Gasteiger charge is 2.05. The van der Waals surface area contributed by atoms with Crippen molar-refractivity contribution in [3.63, 3.8) is 0 Å². The van der Waals surface area contributed by atoms with Gasteiger partial charge in [-0.15, -0.1) is 0 Å². The van der Waals surface area contributed by atoms with Gasteiger partial charge in [0.05, 0.1) is 0 Å². The first-order valence-electron chi connectivity index (χ1n) is 3.92. The molecule has 2 nitrogen and oxygen atoms in total. The molecule has 0 saturated heterocycles. The Balaban J connectivity index is 2.47. The van der Waals surface area contributed by atoms with Gasteiger partial charge in [0.25, 0.3) is 0 Å². The van der Waals surface area contributed by atoms with Gasteiger partial charge in [0, 0.05) is 10.0 Å². The maximum absolute atomic E-state index is 5.66. The summed E-state index contributed by atoms with van der Waals surface area (Å²) >= 11 is 10.4. The van der Waals surface area contributed by atoms with Crippen LogP contribution >= 0.6 is 39.1 Å². The molecule has 0 unspecified atom stereocenters. The molecule has 0 radical (unpaired) electrons. The quantitative estimate of drug-likeness (QED) is 0.795. The van der Waals surface area contributed by atoms with Gasteiger partial charge in [-0.1, -0.05) is 28.1 Å². The van der Waals surface area contributed by atoms with Crippen molar-refractivity contribution in [1.29, 1.82) is 0 Å². The average molecular weight is 290 g/mol.